The molecule has 0 radical (unpaired) electrons. The van der Waals surface area contributed by atoms with Gasteiger partial charge in [0.05, 0.1) is 12.0 Å². The Morgan fingerprint density at radius 1 is 1.33 bits per heavy atom. The van der Waals surface area contributed by atoms with Crippen molar-refractivity contribution >= 4 is 11.9 Å². The third-order valence-corrected chi connectivity index (χ3v) is 3.00. The van der Waals surface area contributed by atoms with E-state index < -0.39 is 17.9 Å². The molecule has 110 valence electrons. The molecular weight excluding hydrogens is 272 g/mol. The number of pyridine rings is 1. The average molecular weight is 288 g/mol. The van der Waals surface area contributed by atoms with Gasteiger partial charge in [0.1, 0.15) is 11.7 Å². The lowest BCUT2D eigenvalue weighted by atomic mass is 10.0. The molecule has 7 nitrogen and oxygen atoms in total. The molecule has 0 saturated heterocycles. The van der Waals surface area contributed by atoms with Gasteiger partial charge in [0.2, 0.25) is 0 Å². The lowest BCUT2D eigenvalue weighted by Gasteiger charge is -2.17. The van der Waals surface area contributed by atoms with Gasteiger partial charge in [-0.2, -0.15) is 0 Å². The van der Waals surface area contributed by atoms with E-state index in [0.29, 0.717) is 0 Å². The van der Waals surface area contributed by atoms with Crippen molar-refractivity contribution in [3.63, 3.8) is 0 Å². The van der Waals surface area contributed by atoms with Crippen molar-refractivity contribution in [2.24, 2.45) is 5.92 Å². The maximum atomic E-state index is 12.1. The van der Waals surface area contributed by atoms with Crippen molar-refractivity contribution in [2.45, 2.75) is 19.9 Å². The summed E-state index contributed by atoms with van der Waals surface area (Å²) in [7, 11) is 0. The van der Waals surface area contributed by atoms with Gasteiger partial charge < -0.3 is 15.0 Å². The molecule has 2 aromatic rings. The van der Waals surface area contributed by atoms with Gasteiger partial charge in [-0.1, -0.05) is 13.8 Å². The molecule has 0 spiro atoms. The number of nitrogens with zero attached hydrogens (tertiary/aromatic N) is 3. The highest BCUT2D eigenvalue weighted by molar-refractivity contribution is 5.95. The molecule has 0 fully saturated rings. The largest absolute Gasteiger partial charge is 0.480 e. The van der Waals surface area contributed by atoms with Crippen LogP contribution in [0.15, 0.2) is 37.1 Å². The standard InChI is InChI=1S/C14H16N4O3/c1-9(2)12(14(20)21)17-13(19)11-7-10(3-4-16-11)18-6-5-15-8-18/h3-9,12H,1-2H3,(H,17,19)(H,20,21)/t12-/m0/s1. The smallest absolute Gasteiger partial charge is 0.326 e. The van der Waals surface area contributed by atoms with Crippen LogP contribution in [-0.4, -0.2) is 37.6 Å². The molecule has 2 N–H and O–H groups in total. The predicted octanol–water partition coefficient (Wildman–Crippen LogP) is 1.11. The number of aromatic nitrogens is 3. The van der Waals surface area contributed by atoms with Crippen LogP contribution in [0.25, 0.3) is 5.69 Å². The number of carboxylic acid groups (broad SMARTS) is 1. The molecule has 21 heavy (non-hydrogen) atoms. The molecule has 2 rings (SSSR count). The highest BCUT2D eigenvalue weighted by atomic mass is 16.4. The quantitative estimate of drug-likeness (QED) is 0.859. The van der Waals surface area contributed by atoms with Crippen molar-refractivity contribution in [3.8, 4) is 5.69 Å². The Morgan fingerprint density at radius 3 is 2.67 bits per heavy atom. The second kappa shape index (κ2) is 6.17. The van der Waals surface area contributed by atoms with E-state index in [1.165, 1.54) is 6.20 Å². The zero-order valence-electron chi connectivity index (χ0n) is 11.7. The first kappa shape index (κ1) is 14.7. The molecule has 0 unspecified atom stereocenters. The third-order valence-electron chi connectivity index (χ3n) is 3.00. The van der Waals surface area contributed by atoms with E-state index >= 15 is 0 Å². The summed E-state index contributed by atoms with van der Waals surface area (Å²) in [6, 6.07) is 2.36. The summed E-state index contributed by atoms with van der Waals surface area (Å²) in [4.78, 5) is 31.2. The highest BCUT2D eigenvalue weighted by Gasteiger charge is 2.24. The molecule has 0 bridgehead atoms. The normalized spacial score (nSPS) is 12.1. The number of aliphatic carboxylic acids is 1. The maximum Gasteiger partial charge on any atom is 0.326 e. The Balaban J connectivity index is 2.20. The van der Waals surface area contributed by atoms with E-state index in [9.17, 15) is 9.59 Å². The Hall–Kier alpha value is -2.70. The Morgan fingerprint density at radius 2 is 2.10 bits per heavy atom. The van der Waals surface area contributed by atoms with Crippen molar-refractivity contribution in [1.29, 1.82) is 0 Å². The van der Waals surface area contributed by atoms with E-state index in [1.54, 1.807) is 49.3 Å². The van der Waals surface area contributed by atoms with Crippen LogP contribution < -0.4 is 5.32 Å². The van der Waals surface area contributed by atoms with E-state index in [2.05, 4.69) is 15.3 Å². The SMILES string of the molecule is CC(C)[C@H](NC(=O)c1cc(-n2ccnc2)ccn1)C(=O)O. The number of rotatable bonds is 5. The number of carbonyl (C=O) groups is 2. The number of nitrogens with one attached hydrogen (secondary N) is 1. The van der Waals surface area contributed by atoms with Crippen LogP contribution in [0, 0.1) is 5.92 Å². The van der Waals surface area contributed by atoms with Gasteiger partial charge in [-0.3, -0.25) is 9.78 Å². The van der Waals surface area contributed by atoms with Gasteiger partial charge in [-0.05, 0) is 18.1 Å². The molecule has 1 atom stereocenters. The molecule has 0 aromatic carbocycles. The van der Waals surface area contributed by atoms with Gasteiger partial charge in [-0.15, -0.1) is 0 Å². The molecule has 0 saturated carbocycles. The molecule has 2 aromatic heterocycles. The number of carboxylic acids is 1. The third kappa shape index (κ3) is 3.44. The number of imidazole rings is 1. The van der Waals surface area contributed by atoms with Gasteiger partial charge >= 0.3 is 5.97 Å². The Kier molecular flexibility index (Phi) is 4.32. The van der Waals surface area contributed by atoms with Crippen molar-refractivity contribution < 1.29 is 14.7 Å². The number of hydrogen-bond acceptors (Lipinski definition) is 4. The monoisotopic (exact) mass is 288 g/mol. The summed E-state index contributed by atoms with van der Waals surface area (Å²) in [5.41, 5.74) is 0.886. The summed E-state index contributed by atoms with van der Waals surface area (Å²) in [6.07, 6.45) is 6.46. The molecule has 7 heteroatoms. The second-order valence-electron chi connectivity index (χ2n) is 4.90. The van der Waals surface area contributed by atoms with Crippen molar-refractivity contribution in [1.82, 2.24) is 19.9 Å². The first-order valence-electron chi connectivity index (χ1n) is 6.47. The van der Waals surface area contributed by atoms with E-state index in [0.717, 1.165) is 5.69 Å². The van der Waals surface area contributed by atoms with E-state index in [1.807, 2.05) is 0 Å². The summed E-state index contributed by atoms with van der Waals surface area (Å²) < 4.78 is 1.73. The summed E-state index contributed by atoms with van der Waals surface area (Å²) >= 11 is 0. The Labute approximate surface area is 121 Å². The second-order valence-corrected chi connectivity index (χ2v) is 4.90. The highest BCUT2D eigenvalue weighted by Crippen LogP contribution is 2.09. The van der Waals surface area contributed by atoms with Crippen LogP contribution in [-0.2, 0) is 4.79 Å². The predicted molar refractivity (Wildman–Crippen MR) is 75.1 cm³/mol. The van der Waals surface area contributed by atoms with E-state index in [4.69, 9.17) is 5.11 Å². The van der Waals surface area contributed by atoms with Crippen molar-refractivity contribution in [2.75, 3.05) is 0 Å². The molecule has 0 aliphatic heterocycles. The molecule has 2 heterocycles. The fraction of sp³-hybridized carbons (Fsp3) is 0.286. The summed E-state index contributed by atoms with van der Waals surface area (Å²) in [6.45, 7) is 3.46. The van der Waals surface area contributed by atoms with Crippen LogP contribution in [0.1, 0.15) is 24.3 Å². The summed E-state index contributed by atoms with van der Waals surface area (Å²) in [5.74, 6) is -1.80. The Bertz CT molecular complexity index is 637. The molecule has 0 aliphatic carbocycles. The first-order valence-corrected chi connectivity index (χ1v) is 6.47. The van der Waals surface area contributed by atoms with Gasteiger partial charge in [0.15, 0.2) is 0 Å². The van der Waals surface area contributed by atoms with Crippen molar-refractivity contribution in [3.05, 3.63) is 42.7 Å². The van der Waals surface area contributed by atoms with Crippen LogP contribution in [0.2, 0.25) is 0 Å². The minimum atomic E-state index is -1.07. The topological polar surface area (TPSA) is 97.1 Å². The lowest BCUT2D eigenvalue weighted by Crippen LogP contribution is -2.44. The lowest BCUT2D eigenvalue weighted by molar-refractivity contribution is -0.140. The number of amides is 1. The zero-order valence-corrected chi connectivity index (χ0v) is 11.7. The maximum absolute atomic E-state index is 12.1. The van der Waals surface area contributed by atoms with Crippen LogP contribution >= 0.6 is 0 Å². The fourth-order valence-electron chi connectivity index (χ4n) is 1.84. The molecular formula is C14H16N4O3. The minimum Gasteiger partial charge on any atom is -0.480 e. The van der Waals surface area contributed by atoms with Gasteiger partial charge in [0.25, 0.3) is 5.91 Å². The minimum absolute atomic E-state index is 0.160. The summed E-state index contributed by atoms with van der Waals surface area (Å²) in [5, 5.41) is 11.6. The fourth-order valence-corrected chi connectivity index (χ4v) is 1.84. The number of hydrogen-bond donors (Lipinski definition) is 2. The first-order chi connectivity index (χ1) is 9.99. The zero-order chi connectivity index (χ0) is 15.4. The van der Waals surface area contributed by atoms with E-state index in [-0.39, 0.29) is 11.6 Å². The number of carbonyl (C=O) groups excluding carboxylic acids is 1. The van der Waals surface area contributed by atoms with Crippen LogP contribution in [0.3, 0.4) is 0 Å². The molecule has 1 amide bonds. The molecule has 0 aliphatic rings. The van der Waals surface area contributed by atoms with Crippen LogP contribution in [0.4, 0.5) is 0 Å². The average Bonchev–Trinajstić information content (AvgIpc) is 2.98. The van der Waals surface area contributed by atoms with Gasteiger partial charge in [0, 0.05) is 18.6 Å². The van der Waals surface area contributed by atoms with Gasteiger partial charge in [-0.25, -0.2) is 9.78 Å². The van der Waals surface area contributed by atoms with Crippen LogP contribution in [0.5, 0.6) is 0 Å².